The van der Waals surface area contributed by atoms with Crippen molar-refractivity contribution in [2.75, 3.05) is 4.90 Å². The van der Waals surface area contributed by atoms with Crippen LogP contribution >= 0.6 is 0 Å². The van der Waals surface area contributed by atoms with Crippen molar-refractivity contribution in [2.24, 2.45) is 0 Å². The zero-order valence-corrected chi connectivity index (χ0v) is 30.6. The lowest BCUT2D eigenvalue weighted by atomic mass is 9.91. The van der Waals surface area contributed by atoms with Crippen molar-refractivity contribution in [3.63, 3.8) is 0 Å². The molecule has 0 aliphatic heterocycles. The third-order valence-corrected chi connectivity index (χ3v) is 11.2. The van der Waals surface area contributed by atoms with Gasteiger partial charge in [-0.3, -0.25) is 0 Å². The summed E-state index contributed by atoms with van der Waals surface area (Å²) >= 11 is 0. The van der Waals surface area contributed by atoms with Crippen molar-refractivity contribution in [3.05, 3.63) is 212 Å². The third kappa shape index (κ3) is 5.42. The van der Waals surface area contributed by atoms with Crippen LogP contribution in [0.2, 0.25) is 0 Å². The van der Waals surface area contributed by atoms with Gasteiger partial charge in [0.15, 0.2) is 0 Å². The molecule has 2 heteroatoms. The average Bonchev–Trinajstić information content (AvgIpc) is 3.62. The molecule has 262 valence electrons. The lowest BCUT2D eigenvalue weighted by Gasteiger charge is -2.29. The van der Waals surface area contributed by atoms with Crippen LogP contribution in [-0.4, -0.2) is 0 Å². The zero-order valence-electron chi connectivity index (χ0n) is 30.6. The van der Waals surface area contributed by atoms with E-state index in [4.69, 9.17) is 4.42 Å². The molecule has 0 spiro atoms. The number of nitrogens with zero attached hydrogens (tertiary/aromatic N) is 1. The van der Waals surface area contributed by atoms with E-state index in [0.717, 1.165) is 55.7 Å². The number of fused-ring (bicyclic) bond motifs is 7. The summed E-state index contributed by atoms with van der Waals surface area (Å²) in [4.78, 5) is 2.44. The van der Waals surface area contributed by atoms with Crippen LogP contribution in [0.4, 0.5) is 17.1 Å². The molecule has 0 saturated carbocycles. The first kappa shape index (κ1) is 32.0. The summed E-state index contributed by atoms with van der Waals surface area (Å²) < 4.78 is 6.52. The Morgan fingerprint density at radius 2 is 0.857 bits per heavy atom. The van der Waals surface area contributed by atoms with E-state index in [1.807, 2.05) is 0 Å². The first-order valence-corrected chi connectivity index (χ1v) is 19.2. The molecule has 0 unspecified atom stereocenters. The lowest BCUT2D eigenvalue weighted by Crippen LogP contribution is -2.11. The Morgan fingerprint density at radius 1 is 0.286 bits per heavy atom. The minimum atomic E-state index is 0.871. The van der Waals surface area contributed by atoms with Crippen molar-refractivity contribution in [1.82, 2.24) is 0 Å². The third-order valence-electron chi connectivity index (χ3n) is 11.2. The highest BCUT2D eigenvalue weighted by atomic mass is 16.3. The summed E-state index contributed by atoms with van der Waals surface area (Å²) in [6.07, 6.45) is 0. The molecule has 0 amide bonds. The first-order valence-electron chi connectivity index (χ1n) is 19.2. The predicted octanol–water partition coefficient (Wildman–Crippen LogP) is 15.5. The molecule has 0 saturated heterocycles. The molecule has 0 fully saturated rings. The molecule has 2 nitrogen and oxygen atoms in total. The summed E-state index contributed by atoms with van der Waals surface area (Å²) in [6.45, 7) is 0. The molecule has 0 N–H and O–H groups in total. The second-order valence-electron chi connectivity index (χ2n) is 14.5. The summed E-state index contributed by atoms with van der Waals surface area (Å²) in [6, 6.07) is 76.7. The molecule has 11 aromatic rings. The van der Waals surface area contributed by atoms with Crippen LogP contribution in [0.15, 0.2) is 217 Å². The van der Waals surface area contributed by atoms with E-state index in [0.29, 0.717) is 0 Å². The minimum absolute atomic E-state index is 0.871. The molecular weight excluding hydrogens is 679 g/mol. The second-order valence-corrected chi connectivity index (χ2v) is 14.5. The fraction of sp³-hybridized carbons (Fsp3) is 0. The zero-order chi connectivity index (χ0) is 37.0. The van der Waals surface area contributed by atoms with Crippen molar-refractivity contribution in [1.29, 1.82) is 0 Å². The topological polar surface area (TPSA) is 16.4 Å². The lowest BCUT2D eigenvalue weighted by molar-refractivity contribution is 0.669. The van der Waals surface area contributed by atoms with Crippen LogP contribution < -0.4 is 4.90 Å². The van der Waals surface area contributed by atoms with Crippen LogP contribution in [-0.2, 0) is 0 Å². The Kier molecular flexibility index (Phi) is 7.53. The van der Waals surface area contributed by atoms with Gasteiger partial charge in [0.25, 0.3) is 0 Å². The molecule has 10 aromatic carbocycles. The standard InChI is InChI=1S/C54H35NO/c1-3-15-36(16-4-1)41-29-42(37-17-5-2-6-18-37)31-44(30-41)55(43-27-28-53-51(35-43)50-32-38-19-7-8-20-39(38)34-54(50)56-53)52-26-14-13-25-48(52)49-33-40-21-9-10-22-45(40)46-23-11-12-24-47(46)49/h1-35H. The van der Waals surface area contributed by atoms with Gasteiger partial charge in [-0.25, -0.2) is 0 Å². The van der Waals surface area contributed by atoms with Crippen LogP contribution in [0.3, 0.4) is 0 Å². The van der Waals surface area contributed by atoms with Gasteiger partial charge in [-0.15, -0.1) is 0 Å². The van der Waals surface area contributed by atoms with E-state index < -0.39 is 0 Å². The Labute approximate surface area is 325 Å². The average molecular weight is 714 g/mol. The number of para-hydroxylation sites is 1. The van der Waals surface area contributed by atoms with E-state index in [1.165, 1.54) is 49.0 Å². The maximum absolute atomic E-state index is 6.52. The number of rotatable bonds is 6. The number of furan rings is 1. The molecule has 1 aromatic heterocycles. The second kappa shape index (κ2) is 13.2. The molecule has 11 rings (SSSR count). The highest BCUT2D eigenvalue weighted by molar-refractivity contribution is 6.15. The molecular formula is C54H35NO. The van der Waals surface area contributed by atoms with Gasteiger partial charge in [0.05, 0.1) is 5.69 Å². The Hall–Kier alpha value is -7.42. The Balaban J connectivity index is 1.21. The van der Waals surface area contributed by atoms with E-state index in [2.05, 4.69) is 217 Å². The SMILES string of the molecule is c1ccc(-c2cc(-c3ccccc3)cc(N(c3ccc4oc5cc6ccccc6cc5c4c3)c3ccccc3-c3cc4ccccc4c4ccccc34)c2)cc1. The number of hydrogen-bond donors (Lipinski definition) is 0. The minimum Gasteiger partial charge on any atom is -0.456 e. The van der Waals surface area contributed by atoms with E-state index >= 15 is 0 Å². The molecule has 0 aliphatic carbocycles. The van der Waals surface area contributed by atoms with Gasteiger partial charge < -0.3 is 9.32 Å². The fourth-order valence-corrected chi connectivity index (χ4v) is 8.52. The number of anilines is 3. The smallest absolute Gasteiger partial charge is 0.136 e. The van der Waals surface area contributed by atoms with Crippen LogP contribution in [0, 0.1) is 0 Å². The highest BCUT2D eigenvalue weighted by Crippen LogP contribution is 2.47. The fourth-order valence-electron chi connectivity index (χ4n) is 8.52. The Morgan fingerprint density at radius 3 is 1.59 bits per heavy atom. The Bertz CT molecular complexity index is 3190. The maximum atomic E-state index is 6.52. The summed E-state index contributed by atoms with van der Waals surface area (Å²) in [5.74, 6) is 0. The van der Waals surface area contributed by atoms with Crippen LogP contribution in [0.1, 0.15) is 0 Å². The quantitative estimate of drug-likeness (QED) is 0.160. The first-order chi connectivity index (χ1) is 27.7. The highest BCUT2D eigenvalue weighted by Gasteiger charge is 2.22. The number of benzene rings is 10. The van der Waals surface area contributed by atoms with Gasteiger partial charge in [-0.05, 0) is 121 Å². The molecule has 1 heterocycles. The molecule has 0 atom stereocenters. The van der Waals surface area contributed by atoms with Gasteiger partial charge in [0.1, 0.15) is 11.2 Å². The van der Waals surface area contributed by atoms with Gasteiger partial charge in [0, 0.05) is 27.7 Å². The molecule has 56 heavy (non-hydrogen) atoms. The van der Waals surface area contributed by atoms with Crippen LogP contribution in [0.25, 0.3) is 87.6 Å². The van der Waals surface area contributed by atoms with Crippen molar-refractivity contribution in [2.45, 2.75) is 0 Å². The van der Waals surface area contributed by atoms with E-state index in [9.17, 15) is 0 Å². The molecule has 0 radical (unpaired) electrons. The largest absolute Gasteiger partial charge is 0.456 e. The monoisotopic (exact) mass is 713 g/mol. The predicted molar refractivity (Wildman–Crippen MR) is 237 cm³/mol. The molecule has 0 aliphatic rings. The van der Waals surface area contributed by atoms with Crippen molar-refractivity contribution in [3.8, 4) is 33.4 Å². The van der Waals surface area contributed by atoms with Gasteiger partial charge >= 0.3 is 0 Å². The van der Waals surface area contributed by atoms with Crippen molar-refractivity contribution < 1.29 is 4.42 Å². The summed E-state index contributed by atoms with van der Waals surface area (Å²) in [5, 5.41) is 9.52. The van der Waals surface area contributed by atoms with Gasteiger partial charge in [0.2, 0.25) is 0 Å². The normalized spacial score (nSPS) is 11.6. The summed E-state index contributed by atoms with van der Waals surface area (Å²) in [5.41, 5.74) is 12.0. The maximum Gasteiger partial charge on any atom is 0.136 e. The van der Waals surface area contributed by atoms with Crippen LogP contribution in [0.5, 0.6) is 0 Å². The number of hydrogen-bond acceptors (Lipinski definition) is 2. The molecule has 0 bridgehead atoms. The summed E-state index contributed by atoms with van der Waals surface area (Å²) in [7, 11) is 0. The van der Waals surface area contributed by atoms with E-state index in [1.54, 1.807) is 0 Å². The van der Waals surface area contributed by atoms with Crippen molar-refractivity contribution >= 4 is 71.3 Å². The van der Waals surface area contributed by atoms with Gasteiger partial charge in [-0.2, -0.15) is 0 Å². The van der Waals surface area contributed by atoms with E-state index in [-0.39, 0.29) is 0 Å². The van der Waals surface area contributed by atoms with Gasteiger partial charge in [-0.1, -0.05) is 152 Å².